The first-order valence-electron chi connectivity index (χ1n) is 9.34. The molecule has 0 aliphatic carbocycles. The van der Waals surface area contributed by atoms with E-state index in [2.05, 4.69) is 10.6 Å². The van der Waals surface area contributed by atoms with Crippen molar-refractivity contribution in [3.05, 3.63) is 24.3 Å². The fourth-order valence-electron chi connectivity index (χ4n) is 3.04. The molecule has 1 aliphatic rings. The summed E-state index contributed by atoms with van der Waals surface area (Å²) in [6.07, 6.45) is 1.85. The standard InChI is InChI=1S/C19H28N4O3/c1-3-20-18(25)14-22(4-2)13-11-17(24)21-15-7-9-16(10-8-15)23-12-5-6-19(23)26/h7-10H,3-6,11-14H2,1-2H3,(H,20,25)(H,21,24)/p+1. The summed E-state index contributed by atoms with van der Waals surface area (Å²) in [6.45, 7) is 7.06. The van der Waals surface area contributed by atoms with Crippen molar-refractivity contribution in [2.75, 3.05) is 42.9 Å². The number of anilines is 2. The fraction of sp³-hybridized carbons (Fsp3) is 0.526. The van der Waals surface area contributed by atoms with Crippen LogP contribution in [0.1, 0.15) is 33.1 Å². The molecule has 3 N–H and O–H groups in total. The number of rotatable bonds is 9. The summed E-state index contributed by atoms with van der Waals surface area (Å²) in [7, 11) is 0. The van der Waals surface area contributed by atoms with Crippen molar-refractivity contribution in [3.8, 4) is 0 Å². The van der Waals surface area contributed by atoms with Crippen LogP contribution in [0, 0.1) is 0 Å². The molecule has 0 bridgehead atoms. The van der Waals surface area contributed by atoms with Crippen LogP contribution >= 0.6 is 0 Å². The van der Waals surface area contributed by atoms with E-state index in [9.17, 15) is 14.4 Å². The summed E-state index contributed by atoms with van der Waals surface area (Å²) in [5.41, 5.74) is 1.58. The highest BCUT2D eigenvalue weighted by atomic mass is 16.2. The van der Waals surface area contributed by atoms with Gasteiger partial charge in [-0.2, -0.15) is 0 Å². The van der Waals surface area contributed by atoms with Gasteiger partial charge in [0.15, 0.2) is 6.54 Å². The minimum absolute atomic E-state index is 0.0109. The van der Waals surface area contributed by atoms with E-state index in [1.165, 1.54) is 0 Å². The second-order valence-corrected chi connectivity index (χ2v) is 6.48. The van der Waals surface area contributed by atoms with E-state index in [-0.39, 0.29) is 17.7 Å². The Morgan fingerprint density at radius 2 is 1.88 bits per heavy atom. The average Bonchev–Trinajstić information content (AvgIpc) is 3.05. The summed E-state index contributed by atoms with van der Waals surface area (Å²) in [6, 6.07) is 7.35. The predicted molar refractivity (Wildman–Crippen MR) is 101 cm³/mol. The molecule has 142 valence electrons. The van der Waals surface area contributed by atoms with Crippen molar-refractivity contribution < 1.29 is 19.3 Å². The Hall–Kier alpha value is -2.41. The molecule has 1 aromatic carbocycles. The summed E-state index contributed by atoms with van der Waals surface area (Å²) in [4.78, 5) is 38.4. The topological polar surface area (TPSA) is 82.9 Å². The first-order chi connectivity index (χ1) is 12.5. The van der Waals surface area contributed by atoms with Crippen LogP contribution < -0.4 is 20.4 Å². The lowest BCUT2D eigenvalue weighted by molar-refractivity contribution is -0.889. The number of hydrogen-bond donors (Lipinski definition) is 3. The van der Waals surface area contributed by atoms with Crippen molar-refractivity contribution in [2.45, 2.75) is 33.1 Å². The summed E-state index contributed by atoms with van der Waals surface area (Å²) < 4.78 is 0. The number of quaternary nitrogens is 1. The third kappa shape index (κ3) is 5.84. The normalized spacial score (nSPS) is 15.0. The number of nitrogens with zero attached hydrogens (tertiary/aromatic N) is 1. The molecular weight excluding hydrogens is 332 g/mol. The molecule has 1 atom stereocenters. The first kappa shape index (κ1) is 19.9. The molecule has 26 heavy (non-hydrogen) atoms. The second-order valence-electron chi connectivity index (χ2n) is 6.48. The highest BCUT2D eigenvalue weighted by molar-refractivity contribution is 5.96. The number of carbonyl (C=O) groups is 3. The predicted octanol–water partition coefficient (Wildman–Crippen LogP) is 0.183. The van der Waals surface area contributed by atoms with E-state index in [4.69, 9.17) is 0 Å². The number of hydrogen-bond acceptors (Lipinski definition) is 3. The quantitative estimate of drug-likeness (QED) is 0.587. The lowest BCUT2D eigenvalue weighted by Gasteiger charge is -2.17. The van der Waals surface area contributed by atoms with Gasteiger partial charge in [-0.3, -0.25) is 14.4 Å². The number of amides is 3. The van der Waals surface area contributed by atoms with Gasteiger partial charge in [-0.25, -0.2) is 0 Å². The SMILES string of the molecule is CCNC(=O)C[NH+](CC)CCC(=O)Nc1ccc(N2CCCC2=O)cc1. The maximum Gasteiger partial charge on any atom is 0.275 e. The molecule has 1 aromatic rings. The van der Waals surface area contributed by atoms with E-state index in [1.807, 2.05) is 38.1 Å². The summed E-state index contributed by atoms with van der Waals surface area (Å²) in [5.74, 6) is 0.0881. The zero-order valence-corrected chi connectivity index (χ0v) is 15.6. The molecule has 0 spiro atoms. The molecule has 2 rings (SSSR count). The molecule has 0 radical (unpaired) electrons. The van der Waals surface area contributed by atoms with Crippen LogP contribution in [0.2, 0.25) is 0 Å². The molecule has 3 amide bonds. The molecule has 1 unspecified atom stereocenters. The first-order valence-corrected chi connectivity index (χ1v) is 9.34. The van der Waals surface area contributed by atoms with Gasteiger partial charge >= 0.3 is 0 Å². The monoisotopic (exact) mass is 361 g/mol. The number of carbonyl (C=O) groups excluding carboxylic acids is 3. The van der Waals surface area contributed by atoms with Crippen molar-refractivity contribution in [1.82, 2.24) is 5.32 Å². The molecule has 0 saturated carbocycles. The van der Waals surface area contributed by atoms with Crippen LogP contribution in [0.4, 0.5) is 11.4 Å². The van der Waals surface area contributed by atoms with Crippen LogP contribution in [0.3, 0.4) is 0 Å². The lowest BCUT2D eigenvalue weighted by Crippen LogP contribution is -3.13. The van der Waals surface area contributed by atoms with Gasteiger partial charge in [0, 0.05) is 30.9 Å². The van der Waals surface area contributed by atoms with Gasteiger partial charge in [0.2, 0.25) is 11.8 Å². The van der Waals surface area contributed by atoms with E-state index >= 15 is 0 Å². The van der Waals surface area contributed by atoms with Gasteiger partial charge in [-0.05, 0) is 44.5 Å². The van der Waals surface area contributed by atoms with Gasteiger partial charge < -0.3 is 20.4 Å². The Kier molecular flexibility index (Phi) is 7.59. The van der Waals surface area contributed by atoms with Gasteiger partial charge in [0.1, 0.15) is 0 Å². The van der Waals surface area contributed by atoms with Crippen LogP contribution in [0.5, 0.6) is 0 Å². The van der Waals surface area contributed by atoms with E-state index in [0.29, 0.717) is 38.2 Å². The Labute approximate surface area is 154 Å². The highest BCUT2D eigenvalue weighted by Gasteiger charge is 2.21. The van der Waals surface area contributed by atoms with Crippen molar-refractivity contribution in [2.24, 2.45) is 0 Å². The minimum atomic E-state index is -0.0724. The van der Waals surface area contributed by atoms with Gasteiger partial charge in [-0.15, -0.1) is 0 Å². The van der Waals surface area contributed by atoms with E-state index in [1.54, 1.807) is 4.90 Å². The van der Waals surface area contributed by atoms with Gasteiger partial charge in [-0.1, -0.05) is 0 Å². The highest BCUT2D eigenvalue weighted by Crippen LogP contribution is 2.22. The van der Waals surface area contributed by atoms with Crippen molar-refractivity contribution in [1.29, 1.82) is 0 Å². The number of nitrogens with one attached hydrogen (secondary N) is 3. The smallest absolute Gasteiger partial charge is 0.275 e. The van der Waals surface area contributed by atoms with E-state index in [0.717, 1.165) is 30.1 Å². The van der Waals surface area contributed by atoms with Crippen LogP contribution in [0.15, 0.2) is 24.3 Å². The Bertz CT molecular complexity index is 630. The number of benzene rings is 1. The molecule has 0 aromatic heterocycles. The Morgan fingerprint density at radius 1 is 1.15 bits per heavy atom. The van der Waals surface area contributed by atoms with Crippen LogP contribution in [-0.2, 0) is 14.4 Å². The lowest BCUT2D eigenvalue weighted by atomic mass is 10.2. The van der Waals surface area contributed by atoms with Crippen molar-refractivity contribution >= 4 is 29.1 Å². The second kappa shape index (κ2) is 9.91. The maximum absolute atomic E-state index is 12.1. The Balaban J connectivity index is 1.79. The number of likely N-dealkylation sites (N-methyl/N-ethyl adjacent to an activating group) is 2. The molecule has 7 heteroatoms. The third-order valence-corrected chi connectivity index (χ3v) is 4.53. The molecule has 1 fully saturated rings. The molecular formula is C19H29N4O3+. The zero-order chi connectivity index (χ0) is 18.9. The van der Waals surface area contributed by atoms with Crippen LogP contribution in [0.25, 0.3) is 0 Å². The molecule has 1 aliphatic heterocycles. The molecule has 7 nitrogen and oxygen atoms in total. The van der Waals surface area contributed by atoms with Crippen molar-refractivity contribution in [3.63, 3.8) is 0 Å². The molecule has 1 saturated heterocycles. The average molecular weight is 361 g/mol. The molecule has 1 heterocycles. The zero-order valence-electron chi connectivity index (χ0n) is 15.6. The van der Waals surface area contributed by atoms with Crippen LogP contribution in [-0.4, -0.2) is 50.4 Å². The maximum atomic E-state index is 12.1. The summed E-state index contributed by atoms with van der Waals surface area (Å²) in [5, 5.41) is 5.65. The van der Waals surface area contributed by atoms with Gasteiger partial charge in [0.25, 0.3) is 5.91 Å². The fourth-order valence-corrected chi connectivity index (χ4v) is 3.04. The minimum Gasteiger partial charge on any atom is -0.351 e. The van der Waals surface area contributed by atoms with Gasteiger partial charge in [0.05, 0.1) is 19.5 Å². The third-order valence-electron chi connectivity index (χ3n) is 4.53. The summed E-state index contributed by atoms with van der Waals surface area (Å²) >= 11 is 0. The largest absolute Gasteiger partial charge is 0.351 e. The Morgan fingerprint density at radius 3 is 2.46 bits per heavy atom. The van der Waals surface area contributed by atoms with E-state index < -0.39 is 0 Å².